The third kappa shape index (κ3) is 5.37. The van der Waals surface area contributed by atoms with Crippen LogP contribution in [0, 0.1) is 0 Å². The molecule has 0 bridgehead atoms. The van der Waals surface area contributed by atoms with Crippen molar-refractivity contribution in [2.75, 3.05) is 11.9 Å². The van der Waals surface area contributed by atoms with Crippen LogP contribution < -0.4 is 10.1 Å². The second-order valence-electron chi connectivity index (χ2n) is 6.47. The Balaban J connectivity index is 1.65. The van der Waals surface area contributed by atoms with Gasteiger partial charge < -0.3 is 10.1 Å². The number of hydrogen-bond donors (Lipinski definition) is 1. The predicted molar refractivity (Wildman–Crippen MR) is 126 cm³/mol. The van der Waals surface area contributed by atoms with Crippen molar-refractivity contribution in [2.45, 2.75) is 19.9 Å². The zero-order chi connectivity index (χ0) is 21.5. The number of amides is 2. The van der Waals surface area contributed by atoms with E-state index in [2.05, 4.69) is 5.32 Å². The maximum Gasteiger partial charge on any atom is 0.266 e. The summed E-state index contributed by atoms with van der Waals surface area (Å²) in [5.74, 6) is 0.155. The number of nitrogens with zero attached hydrogens (tertiary/aromatic N) is 1. The van der Waals surface area contributed by atoms with Gasteiger partial charge in [0.25, 0.3) is 5.91 Å². The van der Waals surface area contributed by atoms with Gasteiger partial charge in [0.15, 0.2) is 0 Å². The van der Waals surface area contributed by atoms with Gasteiger partial charge in [-0.15, -0.1) is 0 Å². The first-order valence-corrected chi connectivity index (χ1v) is 10.7. The van der Waals surface area contributed by atoms with Crippen LogP contribution in [0.25, 0.3) is 6.08 Å². The van der Waals surface area contributed by atoms with Gasteiger partial charge in [-0.05, 0) is 49.8 Å². The van der Waals surface area contributed by atoms with E-state index in [9.17, 15) is 9.59 Å². The predicted octanol–water partition coefficient (Wildman–Crippen LogP) is 4.87. The molecule has 1 fully saturated rings. The van der Waals surface area contributed by atoms with Gasteiger partial charge in [0.1, 0.15) is 16.1 Å². The molecule has 2 amide bonds. The Kier molecular flexibility index (Phi) is 7.43. The number of carbonyl (C=O) groups is 2. The Morgan fingerprint density at radius 1 is 1.20 bits per heavy atom. The van der Waals surface area contributed by atoms with Gasteiger partial charge in [-0.1, -0.05) is 66.5 Å². The number of rotatable bonds is 7. The van der Waals surface area contributed by atoms with Gasteiger partial charge in [0, 0.05) is 5.69 Å². The van der Waals surface area contributed by atoms with Crippen LogP contribution in [-0.4, -0.2) is 33.7 Å². The Morgan fingerprint density at radius 2 is 1.90 bits per heavy atom. The molecular formula is C23H22N2O3S2. The summed E-state index contributed by atoms with van der Waals surface area (Å²) in [6, 6.07) is 16.1. The third-order valence-electron chi connectivity index (χ3n) is 4.36. The van der Waals surface area contributed by atoms with Gasteiger partial charge in [-0.25, -0.2) is 0 Å². The lowest BCUT2D eigenvalue weighted by atomic mass is 10.2. The summed E-state index contributed by atoms with van der Waals surface area (Å²) in [4.78, 5) is 27.3. The van der Waals surface area contributed by atoms with Gasteiger partial charge in [0.2, 0.25) is 5.91 Å². The number of nitrogens with one attached hydrogen (secondary N) is 1. The zero-order valence-corrected chi connectivity index (χ0v) is 18.3. The smallest absolute Gasteiger partial charge is 0.266 e. The molecule has 1 unspecified atom stereocenters. The van der Waals surface area contributed by atoms with Gasteiger partial charge in [-0.3, -0.25) is 14.5 Å². The quantitative estimate of drug-likeness (QED) is 0.494. The fraction of sp³-hybridized carbons (Fsp3) is 0.174. The largest absolute Gasteiger partial charge is 0.494 e. The number of carbonyl (C=O) groups excluding carboxylic acids is 2. The van der Waals surface area contributed by atoms with E-state index in [0.717, 1.165) is 11.3 Å². The average molecular weight is 439 g/mol. The van der Waals surface area contributed by atoms with E-state index in [4.69, 9.17) is 17.0 Å². The molecule has 0 saturated carbocycles. The van der Waals surface area contributed by atoms with Crippen molar-refractivity contribution in [1.29, 1.82) is 0 Å². The first kappa shape index (κ1) is 21.8. The van der Waals surface area contributed by atoms with Crippen LogP contribution in [0.5, 0.6) is 5.75 Å². The molecule has 30 heavy (non-hydrogen) atoms. The van der Waals surface area contributed by atoms with Crippen LogP contribution in [0.2, 0.25) is 0 Å². The van der Waals surface area contributed by atoms with E-state index in [1.165, 1.54) is 16.7 Å². The maximum atomic E-state index is 12.8. The average Bonchev–Trinajstić information content (AvgIpc) is 3.03. The number of allylic oxidation sites excluding steroid dienone is 2. The highest BCUT2D eigenvalue weighted by Gasteiger charge is 2.37. The van der Waals surface area contributed by atoms with E-state index in [-0.39, 0.29) is 11.8 Å². The van der Waals surface area contributed by atoms with Crippen molar-refractivity contribution in [1.82, 2.24) is 4.90 Å². The molecule has 5 nitrogen and oxygen atoms in total. The summed E-state index contributed by atoms with van der Waals surface area (Å²) < 4.78 is 5.77. The molecule has 3 rings (SSSR count). The summed E-state index contributed by atoms with van der Waals surface area (Å²) in [5.41, 5.74) is 1.66. The second kappa shape index (κ2) is 10.2. The van der Waals surface area contributed by atoms with Crippen molar-refractivity contribution >= 4 is 51.9 Å². The van der Waals surface area contributed by atoms with Crippen LogP contribution in [-0.2, 0) is 9.59 Å². The van der Waals surface area contributed by atoms with Gasteiger partial charge in [-0.2, -0.15) is 0 Å². The van der Waals surface area contributed by atoms with Crippen molar-refractivity contribution in [3.63, 3.8) is 0 Å². The topological polar surface area (TPSA) is 58.6 Å². The summed E-state index contributed by atoms with van der Waals surface area (Å²) in [6.07, 6.45) is 5.45. The molecule has 1 N–H and O–H groups in total. The summed E-state index contributed by atoms with van der Waals surface area (Å²) in [7, 11) is 0. The van der Waals surface area contributed by atoms with E-state index in [1.807, 2.05) is 49.4 Å². The first-order chi connectivity index (χ1) is 14.5. The number of thiocarbonyl (C=S) groups is 1. The Morgan fingerprint density at radius 3 is 2.57 bits per heavy atom. The van der Waals surface area contributed by atoms with Crippen molar-refractivity contribution in [3.8, 4) is 5.75 Å². The number of thioether (sulfide) groups is 1. The molecule has 1 saturated heterocycles. The fourth-order valence-corrected chi connectivity index (χ4v) is 4.17. The molecule has 154 valence electrons. The lowest BCUT2D eigenvalue weighted by Crippen LogP contribution is -2.44. The SMILES string of the molecule is CCOc1ccc(NC(=O)C(C)N2C(=O)/C(=C/C=C/c3ccccc3)SC2=S)cc1. The Hall–Kier alpha value is -2.90. The Bertz CT molecular complexity index is 985. The van der Waals surface area contributed by atoms with Gasteiger partial charge >= 0.3 is 0 Å². The van der Waals surface area contributed by atoms with Crippen LogP contribution >= 0.6 is 24.0 Å². The van der Waals surface area contributed by atoms with E-state index < -0.39 is 6.04 Å². The molecule has 0 aliphatic carbocycles. The Labute approximate surface area is 185 Å². The van der Waals surface area contributed by atoms with Crippen LogP contribution in [0.4, 0.5) is 5.69 Å². The third-order valence-corrected chi connectivity index (χ3v) is 5.71. The first-order valence-electron chi connectivity index (χ1n) is 9.52. The minimum absolute atomic E-state index is 0.267. The molecule has 2 aromatic carbocycles. The normalized spacial score (nSPS) is 16.3. The van der Waals surface area contributed by atoms with E-state index in [0.29, 0.717) is 21.5 Å². The summed E-state index contributed by atoms with van der Waals surface area (Å²) in [5, 5.41) is 2.82. The fourth-order valence-electron chi connectivity index (χ4n) is 2.80. The summed E-state index contributed by atoms with van der Waals surface area (Å²) in [6.45, 7) is 4.15. The monoisotopic (exact) mass is 438 g/mol. The molecule has 0 aromatic heterocycles. The van der Waals surface area contributed by atoms with E-state index >= 15 is 0 Å². The van der Waals surface area contributed by atoms with Crippen molar-refractivity contribution in [2.24, 2.45) is 0 Å². The molecular weight excluding hydrogens is 416 g/mol. The highest BCUT2D eigenvalue weighted by molar-refractivity contribution is 8.26. The van der Waals surface area contributed by atoms with Gasteiger partial charge in [0.05, 0.1) is 11.5 Å². The standard InChI is InChI=1S/C23H22N2O3S2/c1-3-28-19-14-12-18(13-15-19)24-21(26)16(2)25-22(27)20(30-23(25)29)11-7-10-17-8-5-4-6-9-17/h4-16H,3H2,1-2H3,(H,24,26)/b10-7+,20-11-. The molecule has 1 atom stereocenters. The minimum Gasteiger partial charge on any atom is -0.494 e. The molecule has 0 spiro atoms. The van der Waals surface area contributed by atoms with Crippen molar-refractivity contribution in [3.05, 3.63) is 77.2 Å². The second-order valence-corrected chi connectivity index (χ2v) is 8.14. The van der Waals surface area contributed by atoms with E-state index in [1.54, 1.807) is 37.3 Å². The number of benzene rings is 2. The molecule has 2 aromatic rings. The molecule has 0 radical (unpaired) electrons. The van der Waals surface area contributed by atoms with Crippen molar-refractivity contribution < 1.29 is 14.3 Å². The van der Waals surface area contributed by atoms with Crippen LogP contribution in [0.15, 0.2) is 71.7 Å². The summed E-state index contributed by atoms with van der Waals surface area (Å²) >= 11 is 6.55. The number of ether oxygens (including phenoxy) is 1. The van der Waals surface area contributed by atoms with Crippen LogP contribution in [0.1, 0.15) is 19.4 Å². The molecule has 1 aliphatic heterocycles. The molecule has 1 heterocycles. The lowest BCUT2D eigenvalue weighted by Gasteiger charge is -2.22. The highest BCUT2D eigenvalue weighted by atomic mass is 32.2. The maximum absolute atomic E-state index is 12.8. The minimum atomic E-state index is -0.729. The van der Waals surface area contributed by atoms with Crippen LogP contribution in [0.3, 0.4) is 0 Å². The zero-order valence-electron chi connectivity index (χ0n) is 16.7. The number of anilines is 1. The molecule has 7 heteroatoms. The molecule has 1 aliphatic rings. The number of hydrogen-bond acceptors (Lipinski definition) is 5. The lowest BCUT2D eigenvalue weighted by molar-refractivity contribution is -0.129. The highest BCUT2D eigenvalue weighted by Crippen LogP contribution is 2.33.